The molecule has 0 bridgehead atoms. The van der Waals surface area contributed by atoms with Crippen molar-refractivity contribution in [3.8, 4) is 17.2 Å². The van der Waals surface area contributed by atoms with Gasteiger partial charge in [0, 0.05) is 18.1 Å². The van der Waals surface area contributed by atoms with Gasteiger partial charge in [0.15, 0.2) is 18.1 Å². The quantitative estimate of drug-likeness (QED) is 0.791. The highest BCUT2D eigenvalue weighted by Gasteiger charge is 2.46. The van der Waals surface area contributed by atoms with Crippen molar-refractivity contribution in [1.29, 1.82) is 0 Å². The summed E-state index contributed by atoms with van der Waals surface area (Å²) in [5.41, 5.74) is 0.0482. The zero-order chi connectivity index (χ0) is 19.4. The second-order valence-corrected chi connectivity index (χ2v) is 7.76. The van der Waals surface area contributed by atoms with E-state index in [4.69, 9.17) is 14.2 Å². The molecule has 0 N–H and O–H groups in total. The van der Waals surface area contributed by atoms with Crippen LogP contribution in [0.15, 0.2) is 18.2 Å². The summed E-state index contributed by atoms with van der Waals surface area (Å²) in [5, 5.41) is 0. The number of hydrogen-bond donors (Lipinski definition) is 0. The van der Waals surface area contributed by atoms with Crippen molar-refractivity contribution >= 4 is 5.91 Å². The maximum Gasteiger partial charge on any atom is 0.260 e. The van der Waals surface area contributed by atoms with Crippen LogP contribution in [0.1, 0.15) is 39.0 Å². The fourth-order valence-corrected chi connectivity index (χ4v) is 4.59. The number of likely N-dealkylation sites (N-methyl/N-ethyl adjacent to an activating group) is 1. The Bertz CT molecular complexity index is 643. The van der Waals surface area contributed by atoms with Gasteiger partial charge in [0.05, 0.1) is 14.2 Å². The maximum atomic E-state index is 13.1. The third-order valence-corrected chi connectivity index (χ3v) is 6.31. The van der Waals surface area contributed by atoms with Gasteiger partial charge in [-0.2, -0.15) is 0 Å². The van der Waals surface area contributed by atoms with Crippen LogP contribution in [0.5, 0.6) is 17.2 Å². The number of piperidine rings is 1. The van der Waals surface area contributed by atoms with Gasteiger partial charge in [-0.1, -0.05) is 12.5 Å². The lowest BCUT2D eigenvalue weighted by molar-refractivity contribution is -0.142. The van der Waals surface area contributed by atoms with E-state index in [0.717, 1.165) is 38.8 Å². The van der Waals surface area contributed by atoms with Crippen molar-refractivity contribution in [2.75, 3.05) is 41.0 Å². The van der Waals surface area contributed by atoms with Crippen LogP contribution in [0.4, 0.5) is 0 Å². The Balaban J connectivity index is 1.74. The van der Waals surface area contributed by atoms with Gasteiger partial charge in [-0.3, -0.25) is 9.69 Å². The summed E-state index contributed by atoms with van der Waals surface area (Å²) < 4.78 is 16.6. The van der Waals surface area contributed by atoms with Crippen molar-refractivity contribution in [3.63, 3.8) is 0 Å². The Morgan fingerprint density at radius 1 is 1.15 bits per heavy atom. The number of para-hydroxylation sites is 1. The zero-order valence-electron chi connectivity index (χ0n) is 17.0. The van der Waals surface area contributed by atoms with Crippen molar-refractivity contribution < 1.29 is 19.0 Å². The molecule has 0 radical (unpaired) electrons. The maximum absolute atomic E-state index is 13.1. The Hall–Kier alpha value is -1.95. The average Bonchev–Trinajstić information content (AvgIpc) is 2.84. The van der Waals surface area contributed by atoms with E-state index in [2.05, 4.69) is 18.9 Å². The van der Waals surface area contributed by atoms with E-state index in [-0.39, 0.29) is 24.1 Å². The highest BCUT2D eigenvalue weighted by molar-refractivity contribution is 5.78. The van der Waals surface area contributed by atoms with Crippen LogP contribution in [0.2, 0.25) is 0 Å². The molecule has 2 heterocycles. The molecule has 2 saturated heterocycles. The molecule has 1 amide bonds. The fourth-order valence-electron chi connectivity index (χ4n) is 4.59. The van der Waals surface area contributed by atoms with E-state index in [1.54, 1.807) is 26.4 Å². The lowest BCUT2D eigenvalue weighted by Gasteiger charge is -2.51. The van der Waals surface area contributed by atoms with Crippen LogP contribution in [-0.4, -0.2) is 68.3 Å². The van der Waals surface area contributed by atoms with Gasteiger partial charge in [-0.05, 0) is 58.3 Å². The van der Waals surface area contributed by atoms with E-state index in [1.165, 1.54) is 6.42 Å². The number of ether oxygens (including phenoxy) is 3. The largest absolute Gasteiger partial charge is 0.493 e. The highest BCUT2D eigenvalue weighted by Crippen LogP contribution is 2.39. The number of carbonyl (C=O) groups is 1. The van der Waals surface area contributed by atoms with Gasteiger partial charge in [0.25, 0.3) is 5.91 Å². The van der Waals surface area contributed by atoms with Crippen molar-refractivity contribution in [2.45, 2.75) is 50.6 Å². The van der Waals surface area contributed by atoms with Gasteiger partial charge < -0.3 is 19.1 Å². The van der Waals surface area contributed by atoms with Crippen LogP contribution >= 0.6 is 0 Å². The minimum Gasteiger partial charge on any atom is -0.493 e. The number of hydrogen-bond acceptors (Lipinski definition) is 5. The van der Waals surface area contributed by atoms with Gasteiger partial charge in [-0.25, -0.2) is 0 Å². The molecule has 2 atom stereocenters. The molecule has 3 rings (SSSR count). The number of carbonyl (C=O) groups excluding carboxylic acids is 1. The summed E-state index contributed by atoms with van der Waals surface area (Å²) in [6.45, 7) is 4.21. The third kappa shape index (κ3) is 3.86. The highest BCUT2D eigenvalue weighted by atomic mass is 16.5. The first-order chi connectivity index (χ1) is 13.0. The summed E-state index contributed by atoms with van der Waals surface area (Å²) in [4.78, 5) is 17.6. The van der Waals surface area contributed by atoms with Gasteiger partial charge >= 0.3 is 0 Å². The van der Waals surface area contributed by atoms with Crippen molar-refractivity contribution in [2.24, 2.45) is 0 Å². The van der Waals surface area contributed by atoms with Crippen LogP contribution in [0.25, 0.3) is 0 Å². The summed E-state index contributed by atoms with van der Waals surface area (Å²) >= 11 is 0. The Morgan fingerprint density at radius 3 is 2.52 bits per heavy atom. The Labute approximate surface area is 162 Å². The molecule has 2 aliphatic rings. The van der Waals surface area contributed by atoms with Crippen LogP contribution in [0, 0.1) is 0 Å². The van der Waals surface area contributed by atoms with E-state index in [1.807, 2.05) is 11.0 Å². The molecule has 0 aromatic heterocycles. The summed E-state index contributed by atoms with van der Waals surface area (Å²) in [6, 6.07) is 5.69. The monoisotopic (exact) mass is 376 g/mol. The summed E-state index contributed by atoms with van der Waals surface area (Å²) in [6.07, 6.45) is 5.58. The number of benzene rings is 1. The normalized spacial score (nSPS) is 26.1. The van der Waals surface area contributed by atoms with Gasteiger partial charge in [-0.15, -0.1) is 0 Å². The fraction of sp³-hybridized carbons (Fsp3) is 0.667. The van der Waals surface area contributed by atoms with E-state index < -0.39 is 0 Å². The zero-order valence-corrected chi connectivity index (χ0v) is 17.0. The smallest absolute Gasteiger partial charge is 0.260 e. The number of likely N-dealkylation sites (tertiary alicyclic amines) is 2. The molecule has 1 aromatic rings. The Kier molecular flexibility index (Phi) is 6.15. The minimum atomic E-state index is -0.00692. The molecule has 0 spiro atoms. The van der Waals surface area contributed by atoms with Crippen LogP contribution < -0.4 is 14.2 Å². The third-order valence-electron chi connectivity index (χ3n) is 6.31. The van der Waals surface area contributed by atoms with E-state index in [0.29, 0.717) is 17.2 Å². The number of methoxy groups -OCH3 is 2. The van der Waals surface area contributed by atoms with Crippen molar-refractivity contribution in [1.82, 2.24) is 9.80 Å². The van der Waals surface area contributed by atoms with Crippen molar-refractivity contribution in [3.05, 3.63) is 18.2 Å². The molecule has 2 fully saturated rings. The molecule has 2 aliphatic heterocycles. The predicted octanol–water partition coefficient (Wildman–Crippen LogP) is 2.95. The van der Waals surface area contributed by atoms with Crippen LogP contribution in [0.3, 0.4) is 0 Å². The first-order valence-electron chi connectivity index (χ1n) is 9.85. The van der Waals surface area contributed by atoms with E-state index in [9.17, 15) is 4.79 Å². The molecule has 1 aromatic carbocycles. The minimum absolute atomic E-state index is 0.00692. The second-order valence-electron chi connectivity index (χ2n) is 7.76. The molecular formula is C21H32N2O4. The topological polar surface area (TPSA) is 51.2 Å². The molecule has 150 valence electrons. The number of fused-ring (bicyclic) bond motifs is 1. The molecule has 0 unspecified atom stereocenters. The standard InChI is InChI=1S/C21H32N2O4/c1-21-12-8-14-23(18(21)11-5-6-13-22(21)2)19(24)15-27-20-16(25-3)9-7-10-17(20)26-4/h7,9-10,18H,5-6,8,11-15H2,1-4H3/t18-,21-/m0/s1. The lowest BCUT2D eigenvalue weighted by Crippen LogP contribution is -2.63. The average molecular weight is 376 g/mol. The van der Waals surface area contributed by atoms with Crippen LogP contribution in [-0.2, 0) is 4.79 Å². The van der Waals surface area contributed by atoms with Gasteiger partial charge in [0.1, 0.15) is 0 Å². The first-order valence-corrected chi connectivity index (χ1v) is 9.85. The summed E-state index contributed by atoms with van der Waals surface area (Å²) in [5.74, 6) is 1.66. The SMILES string of the molecule is COc1cccc(OC)c1OCC(=O)N1CCC[C@@]2(C)[C@@H]1CCCCN2C. The molecule has 0 aliphatic carbocycles. The molecule has 6 nitrogen and oxygen atoms in total. The molecular weight excluding hydrogens is 344 g/mol. The Morgan fingerprint density at radius 2 is 1.85 bits per heavy atom. The second kappa shape index (κ2) is 8.38. The summed E-state index contributed by atoms with van der Waals surface area (Å²) in [7, 11) is 5.37. The molecule has 27 heavy (non-hydrogen) atoms. The first kappa shape index (κ1) is 19.8. The van der Waals surface area contributed by atoms with E-state index >= 15 is 0 Å². The molecule has 6 heteroatoms. The number of amides is 1. The number of nitrogens with zero attached hydrogens (tertiary/aromatic N) is 2. The van der Waals surface area contributed by atoms with Gasteiger partial charge in [0.2, 0.25) is 5.75 Å². The lowest BCUT2D eigenvalue weighted by atomic mass is 9.80. The molecule has 0 saturated carbocycles. The predicted molar refractivity (Wildman–Crippen MR) is 105 cm³/mol. The number of rotatable bonds is 5.